The summed E-state index contributed by atoms with van der Waals surface area (Å²) in [6, 6.07) is 5.93. The maximum absolute atomic E-state index is 13.5. The van der Waals surface area contributed by atoms with Gasteiger partial charge in [0, 0.05) is 14.1 Å². The molecule has 1 aromatic carbocycles. The Bertz CT molecular complexity index is 646. The zero-order chi connectivity index (χ0) is 16.1. The lowest BCUT2D eigenvalue weighted by molar-refractivity contribution is -0.122. The van der Waals surface area contributed by atoms with Crippen LogP contribution in [0.5, 0.6) is 5.75 Å². The first-order valence-corrected chi connectivity index (χ1v) is 6.69. The van der Waals surface area contributed by atoms with E-state index in [0.717, 1.165) is 0 Å². The highest BCUT2D eigenvalue weighted by atomic mass is 19.1. The van der Waals surface area contributed by atoms with E-state index in [9.17, 15) is 9.18 Å². The Morgan fingerprint density at radius 3 is 2.50 bits per heavy atom. The largest absolute Gasteiger partial charge is 0.478 e. The maximum atomic E-state index is 13.5. The van der Waals surface area contributed by atoms with Gasteiger partial charge in [-0.1, -0.05) is 12.1 Å². The van der Waals surface area contributed by atoms with E-state index in [4.69, 9.17) is 4.74 Å². The second-order valence-corrected chi connectivity index (χ2v) is 4.85. The van der Waals surface area contributed by atoms with Gasteiger partial charge in [-0.25, -0.2) is 14.4 Å². The van der Waals surface area contributed by atoms with Crippen molar-refractivity contribution in [1.29, 1.82) is 0 Å². The van der Waals surface area contributed by atoms with E-state index in [0.29, 0.717) is 11.6 Å². The number of aromatic nitrogens is 2. The number of nitrogens with zero attached hydrogens (tertiary/aromatic N) is 3. The topological polar surface area (TPSA) is 67.3 Å². The van der Waals surface area contributed by atoms with E-state index < -0.39 is 17.8 Å². The molecule has 1 aromatic heterocycles. The predicted octanol–water partition coefficient (Wildman–Crippen LogP) is 2.09. The molecule has 1 heterocycles. The lowest BCUT2D eigenvalue weighted by Crippen LogP contribution is -2.30. The highest BCUT2D eigenvalue weighted by molar-refractivity contribution is 5.93. The molecular weight excluding hydrogens is 287 g/mol. The molecule has 0 saturated carbocycles. The van der Waals surface area contributed by atoms with Crippen LogP contribution in [0.1, 0.15) is 6.92 Å². The minimum atomic E-state index is -0.856. The molecule has 0 bridgehead atoms. The Morgan fingerprint density at radius 2 is 1.91 bits per heavy atom. The molecule has 6 nitrogen and oxygen atoms in total. The number of carbonyl (C=O) groups is 1. The number of para-hydroxylation sites is 1. The Balaban J connectivity index is 1.98. The molecule has 2 aromatic rings. The normalized spacial score (nSPS) is 11.6. The van der Waals surface area contributed by atoms with Gasteiger partial charge in [0.2, 0.25) is 5.95 Å². The number of halogens is 1. The number of nitrogens with one attached hydrogen (secondary N) is 1. The number of ether oxygens (including phenoxy) is 1. The van der Waals surface area contributed by atoms with E-state index in [1.165, 1.54) is 31.5 Å². The summed E-state index contributed by atoms with van der Waals surface area (Å²) in [5.41, 5.74) is 0.444. The molecule has 116 valence electrons. The zero-order valence-electron chi connectivity index (χ0n) is 12.6. The number of hydrogen-bond acceptors (Lipinski definition) is 5. The first-order valence-electron chi connectivity index (χ1n) is 6.69. The Kier molecular flexibility index (Phi) is 4.88. The first-order chi connectivity index (χ1) is 10.5. The molecule has 0 aliphatic heterocycles. The van der Waals surface area contributed by atoms with Crippen LogP contribution in [-0.4, -0.2) is 36.1 Å². The van der Waals surface area contributed by atoms with Gasteiger partial charge in [0.1, 0.15) is 0 Å². The van der Waals surface area contributed by atoms with Crippen LogP contribution in [0, 0.1) is 5.82 Å². The van der Waals surface area contributed by atoms with Gasteiger partial charge in [-0.05, 0) is 19.1 Å². The van der Waals surface area contributed by atoms with Crippen LogP contribution >= 0.6 is 0 Å². The van der Waals surface area contributed by atoms with Crippen molar-refractivity contribution in [3.8, 4) is 5.75 Å². The fourth-order valence-electron chi connectivity index (χ4n) is 1.64. The summed E-state index contributed by atoms with van der Waals surface area (Å²) in [5.74, 6) is -0.358. The van der Waals surface area contributed by atoms with Crippen LogP contribution in [0.25, 0.3) is 0 Å². The van der Waals surface area contributed by atoms with Gasteiger partial charge in [-0.15, -0.1) is 0 Å². The third-order valence-corrected chi connectivity index (χ3v) is 2.82. The monoisotopic (exact) mass is 304 g/mol. The third-order valence-electron chi connectivity index (χ3n) is 2.82. The fraction of sp³-hybridized carbons (Fsp3) is 0.267. The van der Waals surface area contributed by atoms with Crippen molar-refractivity contribution in [2.45, 2.75) is 13.0 Å². The van der Waals surface area contributed by atoms with Crippen molar-refractivity contribution < 1.29 is 13.9 Å². The summed E-state index contributed by atoms with van der Waals surface area (Å²) in [5, 5.41) is 2.62. The zero-order valence-corrected chi connectivity index (χ0v) is 12.6. The van der Waals surface area contributed by atoms with Crippen LogP contribution in [0.2, 0.25) is 0 Å². The lowest BCUT2D eigenvalue weighted by atomic mass is 10.3. The van der Waals surface area contributed by atoms with Crippen molar-refractivity contribution in [3.05, 3.63) is 42.5 Å². The Hall–Kier alpha value is -2.70. The van der Waals surface area contributed by atoms with Gasteiger partial charge in [0.05, 0.1) is 18.1 Å². The van der Waals surface area contributed by atoms with Crippen molar-refractivity contribution in [3.63, 3.8) is 0 Å². The van der Waals surface area contributed by atoms with E-state index in [2.05, 4.69) is 15.3 Å². The molecule has 1 unspecified atom stereocenters. The quantitative estimate of drug-likeness (QED) is 0.916. The smallest absolute Gasteiger partial charge is 0.265 e. The molecule has 7 heteroatoms. The maximum Gasteiger partial charge on any atom is 0.265 e. The van der Waals surface area contributed by atoms with Gasteiger partial charge in [-0.2, -0.15) is 0 Å². The highest BCUT2D eigenvalue weighted by Gasteiger charge is 2.17. The molecule has 1 amide bonds. The standard InChI is InChI=1S/C15H17FN4O2/c1-10(22-13-7-5-4-6-12(13)16)14(21)19-11-8-17-15(18-9-11)20(2)3/h4-10H,1-3H3,(H,19,21). The van der Waals surface area contributed by atoms with E-state index in [-0.39, 0.29) is 5.75 Å². The van der Waals surface area contributed by atoms with Crippen LogP contribution in [0.15, 0.2) is 36.7 Å². The average Bonchev–Trinajstić information content (AvgIpc) is 2.50. The number of rotatable bonds is 5. The third kappa shape index (κ3) is 3.91. The summed E-state index contributed by atoms with van der Waals surface area (Å²) in [7, 11) is 3.63. The molecule has 0 radical (unpaired) electrons. The van der Waals surface area contributed by atoms with Crippen molar-refractivity contribution in [2.75, 3.05) is 24.3 Å². The summed E-state index contributed by atoms with van der Waals surface area (Å²) >= 11 is 0. The minimum Gasteiger partial charge on any atom is -0.478 e. The van der Waals surface area contributed by atoms with Crippen LogP contribution in [0.4, 0.5) is 16.0 Å². The van der Waals surface area contributed by atoms with E-state index in [1.54, 1.807) is 17.0 Å². The molecule has 22 heavy (non-hydrogen) atoms. The molecule has 0 aliphatic carbocycles. The van der Waals surface area contributed by atoms with Gasteiger partial charge in [0.15, 0.2) is 17.7 Å². The predicted molar refractivity (Wildman–Crippen MR) is 81.5 cm³/mol. The summed E-state index contributed by atoms with van der Waals surface area (Å²) in [6.07, 6.45) is 2.14. The molecule has 0 aliphatic rings. The van der Waals surface area contributed by atoms with Crippen LogP contribution < -0.4 is 15.0 Å². The summed E-state index contributed by atoms with van der Waals surface area (Å²) in [6.45, 7) is 1.54. The molecule has 0 spiro atoms. The number of benzene rings is 1. The lowest BCUT2D eigenvalue weighted by Gasteiger charge is -2.15. The Morgan fingerprint density at radius 1 is 1.27 bits per heavy atom. The van der Waals surface area contributed by atoms with Crippen molar-refractivity contribution in [1.82, 2.24) is 9.97 Å². The number of anilines is 2. The van der Waals surface area contributed by atoms with Gasteiger partial charge in [0.25, 0.3) is 5.91 Å². The second-order valence-electron chi connectivity index (χ2n) is 4.85. The van der Waals surface area contributed by atoms with Crippen molar-refractivity contribution >= 4 is 17.5 Å². The second kappa shape index (κ2) is 6.84. The molecular formula is C15H17FN4O2. The highest BCUT2D eigenvalue weighted by Crippen LogP contribution is 2.17. The van der Waals surface area contributed by atoms with E-state index in [1.807, 2.05) is 14.1 Å². The number of hydrogen-bond donors (Lipinski definition) is 1. The van der Waals surface area contributed by atoms with Crippen LogP contribution in [0.3, 0.4) is 0 Å². The van der Waals surface area contributed by atoms with E-state index >= 15 is 0 Å². The van der Waals surface area contributed by atoms with Crippen molar-refractivity contribution in [2.24, 2.45) is 0 Å². The number of amides is 1. The SMILES string of the molecule is CC(Oc1ccccc1F)C(=O)Nc1cnc(N(C)C)nc1. The summed E-state index contributed by atoms with van der Waals surface area (Å²) in [4.78, 5) is 21.9. The molecule has 0 saturated heterocycles. The Labute approximate surface area is 128 Å². The number of carbonyl (C=O) groups excluding carboxylic acids is 1. The van der Waals surface area contributed by atoms with Crippen LogP contribution in [-0.2, 0) is 4.79 Å². The van der Waals surface area contributed by atoms with Gasteiger partial charge >= 0.3 is 0 Å². The van der Waals surface area contributed by atoms with Gasteiger partial charge < -0.3 is 15.0 Å². The average molecular weight is 304 g/mol. The van der Waals surface area contributed by atoms with Gasteiger partial charge in [-0.3, -0.25) is 4.79 Å². The minimum absolute atomic E-state index is 0.0318. The first kappa shape index (κ1) is 15.7. The molecule has 1 N–H and O–H groups in total. The molecule has 0 fully saturated rings. The summed E-state index contributed by atoms with van der Waals surface area (Å²) < 4.78 is 18.8. The molecule has 1 atom stereocenters. The fourth-order valence-corrected chi connectivity index (χ4v) is 1.64. The molecule has 2 rings (SSSR count).